The Morgan fingerprint density at radius 1 is 0.407 bits per heavy atom. The van der Waals surface area contributed by atoms with Crippen LogP contribution in [0.5, 0.6) is 0 Å². The molecule has 0 unspecified atom stereocenters. The molecule has 2 aliphatic rings. The van der Waals surface area contributed by atoms with E-state index in [0.717, 1.165) is 50.8 Å². The number of aromatic nitrogens is 2. The maximum absolute atomic E-state index is 5.32. The van der Waals surface area contributed by atoms with E-state index in [4.69, 9.17) is 9.97 Å². The lowest BCUT2D eigenvalue weighted by Crippen LogP contribution is -2.30. The molecule has 0 radical (unpaired) electrons. The van der Waals surface area contributed by atoms with Crippen LogP contribution in [-0.2, 0) is 5.41 Å². The smallest absolute Gasteiger partial charge is 0.160 e. The first-order chi connectivity index (χ1) is 26.5. The number of anilines is 6. The quantitative estimate of drug-likeness (QED) is 0.177. The molecule has 54 heavy (non-hydrogen) atoms. The molecule has 0 amide bonds. The van der Waals surface area contributed by atoms with Gasteiger partial charge in [-0.05, 0) is 71.8 Å². The number of para-hydroxylation sites is 4. The van der Waals surface area contributed by atoms with E-state index in [9.17, 15) is 0 Å². The molecule has 2 aliphatic heterocycles. The van der Waals surface area contributed by atoms with E-state index in [1.54, 1.807) is 0 Å². The number of rotatable bonds is 5. The maximum atomic E-state index is 5.32. The van der Waals surface area contributed by atoms with Crippen LogP contribution in [0.25, 0.3) is 33.9 Å². The molecule has 4 nitrogen and oxygen atoms in total. The van der Waals surface area contributed by atoms with Crippen molar-refractivity contribution in [1.82, 2.24) is 9.97 Å². The van der Waals surface area contributed by atoms with Crippen molar-refractivity contribution in [2.75, 3.05) is 9.80 Å². The molecule has 0 saturated heterocycles. The van der Waals surface area contributed by atoms with E-state index in [1.165, 1.54) is 32.3 Å². The maximum Gasteiger partial charge on any atom is 0.160 e. The minimum Gasteiger partial charge on any atom is -0.310 e. The van der Waals surface area contributed by atoms with E-state index in [0.29, 0.717) is 5.82 Å². The average Bonchev–Trinajstić information content (AvgIpc) is 3.23. The lowest BCUT2D eigenvalue weighted by Gasteiger charge is -2.42. The molecule has 0 N–H and O–H groups in total. The van der Waals surface area contributed by atoms with E-state index in [2.05, 4.69) is 194 Å². The zero-order valence-corrected chi connectivity index (χ0v) is 30.8. The van der Waals surface area contributed by atoms with E-state index in [1.807, 2.05) is 23.9 Å². The second-order valence-corrected chi connectivity index (χ2v) is 15.4. The summed E-state index contributed by atoms with van der Waals surface area (Å²) in [5.74, 6) is 0.671. The second kappa shape index (κ2) is 12.9. The second-order valence-electron chi connectivity index (χ2n) is 14.3. The van der Waals surface area contributed by atoms with Crippen molar-refractivity contribution >= 4 is 45.9 Å². The minimum atomic E-state index is -0.177. The van der Waals surface area contributed by atoms with Crippen LogP contribution in [-0.4, -0.2) is 9.97 Å². The van der Waals surface area contributed by atoms with Gasteiger partial charge in [-0.15, -0.1) is 0 Å². The first kappa shape index (κ1) is 32.2. The molecule has 5 heteroatoms. The highest BCUT2D eigenvalue weighted by Gasteiger charge is 2.37. The Kier molecular flexibility index (Phi) is 7.70. The van der Waals surface area contributed by atoms with Gasteiger partial charge in [0.1, 0.15) is 0 Å². The lowest BCUT2D eigenvalue weighted by atomic mass is 9.73. The van der Waals surface area contributed by atoms with Gasteiger partial charge in [-0.2, -0.15) is 0 Å². The fraction of sp³-hybridized carbons (Fsp3) is 0.0612. The molecule has 0 spiro atoms. The van der Waals surface area contributed by atoms with Gasteiger partial charge in [-0.25, -0.2) is 9.97 Å². The largest absolute Gasteiger partial charge is 0.310 e. The fourth-order valence-corrected chi connectivity index (χ4v) is 9.06. The Bertz CT molecular complexity index is 2540. The van der Waals surface area contributed by atoms with E-state index >= 15 is 0 Å². The summed E-state index contributed by atoms with van der Waals surface area (Å²) in [6.45, 7) is 4.66. The van der Waals surface area contributed by atoms with Gasteiger partial charge in [0.05, 0.1) is 34.1 Å². The monoisotopic (exact) mass is 712 g/mol. The van der Waals surface area contributed by atoms with Crippen LogP contribution in [0.2, 0.25) is 0 Å². The molecule has 10 rings (SSSR count). The van der Waals surface area contributed by atoms with Gasteiger partial charge in [-0.3, -0.25) is 0 Å². The van der Waals surface area contributed by atoms with Crippen LogP contribution in [0.4, 0.5) is 34.1 Å². The molecule has 3 heterocycles. The third-order valence-corrected chi connectivity index (χ3v) is 11.7. The zero-order chi connectivity index (χ0) is 36.2. The Labute approximate surface area is 320 Å². The summed E-state index contributed by atoms with van der Waals surface area (Å²) in [5, 5.41) is 0. The molecule has 7 aromatic carbocycles. The molecule has 0 atom stereocenters. The van der Waals surface area contributed by atoms with Crippen LogP contribution in [0, 0.1) is 0 Å². The molecular formula is C49H36N4S. The van der Waals surface area contributed by atoms with Crippen LogP contribution >= 0.6 is 11.8 Å². The summed E-state index contributed by atoms with van der Waals surface area (Å²) < 4.78 is 0. The van der Waals surface area contributed by atoms with Crippen molar-refractivity contribution in [1.29, 1.82) is 0 Å². The molecule has 8 aromatic rings. The topological polar surface area (TPSA) is 32.3 Å². The summed E-state index contributed by atoms with van der Waals surface area (Å²) >= 11 is 1.82. The Balaban J connectivity index is 1.27. The van der Waals surface area contributed by atoms with Gasteiger partial charge >= 0.3 is 0 Å². The van der Waals surface area contributed by atoms with Crippen LogP contribution in [0.1, 0.15) is 25.0 Å². The van der Waals surface area contributed by atoms with Crippen molar-refractivity contribution in [3.8, 4) is 33.9 Å². The summed E-state index contributed by atoms with van der Waals surface area (Å²) in [5.41, 5.74) is 13.9. The number of fused-ring (bicyclic) bond motifs is 4. The molecule has 0 bridgehead atoms. The molecule has 1 aromatic heterocycles. The summed E-state index contributed by atoms with van der Waals surface area (Å²) in [6.07, 6.45) is 0. The molecule has 258 valence electrons. The number of hydrogen-bond acceptors (Lipinski definition) is 5. The van der Waals surface area contributed by atoms with E-state index in [-0.39, 0.29) is 5.41 Å². The van der Waals surface area contributed by atoms with Crippen molar-refractivity contribution in [2.45, 2.75) is 29.1 Å². The van der Waals surface area contributed by atoms with Crippen LogP contribution in [0.15, 0.2) is 192 Å². The predicted octanol–water partition coefficient (Wildman–Crippen LogP) is 13.5. The molecule has 0 aliphatic carbocycles. The third kappa shape index (κ3) is 5.39. The number of benzene rings is 7. The van der Waals surface area contributed by atoms with Gasteiger partial charge in [0.15, 0.2) is 5.82 Å². The summed E-state index contributed by atoms with van der Waals surface area (Å²) in [7, 11) is 0. The van der Waals surface area contributed by atoms with Crippen molar-refractivity contribution in [3.63, 3.8) is 0 Å². The highest BCUT2D eigenvalue weighted by atomic mass is 32.2. The van der Waals surface area contributed by atoms with Gasteiger partial charge in [-0.1, -0.05) is 147 Å². The molecule has 0 fully saturated rings. The molecule has 0 saturated carbocycles. The van der Waals surface area contributed by atoms with Gasteiger partial charge in [0, 0.05) is 43.3 Å². The predicted molar refractivity (Wildman–Crippen MR) is 224 cm³/mol. The third-order valence-electron chi connectivity index (χ3n) is 10.6. The summed E-state index contributed by atoms with van der Waals surface area (Å²) in [6, 6.07) is 64.8. The highest BCUT2D eigenvalue weighted by molar-refractivity contribution is 7.99. The van der Waals surface area contributed by atoms with Gasteiger partial charge in [0.25, 0.3) is 0 Å². The number of hydrogen-bond donors (Lipinski definition) is 0. The van der Waals surface area contributed by atoms with E-state index < -0.39 is 0 Å². The minimum absolute atomic E-state index is 0.177. The van der Waals surface area contributed by atoms with Crippen LogP contribution in [0.3, 0.4) is 0 Å². The average molecular weight is 713 g/mol. The standard InChI is InChI=1S/C49H36N4S/c1-49(2)38-21-9-11-23-42(38)52(43-24-12-10-22-39(43)49)36-29-35(30-37(31-36)53-44-25-13-15-27-46(44)54-47-28-16-14-26-45(47)53)48-50-40(33-17-5-3-6-18-33)32-41(51-48)34-19-7-4-8-20-34/h3-32H,1-2H3. The Morgan fingerprint density at radius 3 is 1.31 bits per heavy atom. The Morgan fingerprint density at radius 2 is 0.815 bits per heavy atom. The van der Waals surface area contributed by atoms with Crippen molar-refractivity contribution in [2.24, 2.45) is 0 Å². The van der Waals surface area contributed by atoms with Gasteiger partial charge in [0.2, 0.25) is 0 Å². The lowest BCUT2D eigenvalue weighted by molar-refractivity contribution is 0.632. The number of nitrogens with zero attached hydrogens (tertiary/aromatic N) is 4. The highest BCUT2D eigenvalue weighted by Crippen LogP contribution is 2.55. The first-order valence-corrected chi connectivity index (χ1v) is 19.2. The zero-order valence-electron chi connectivity index (χ0n) is 30.0. The van der Waals surface area contributed by atoms with Crippen molar-refractivity contribution in [3.05, 3.63) is 193 Å². The van der Waals surface area contributed by atoms with Crippen LogP contribution < -0.4 is 9.80 Å². The fourth-order valence-electron chi connectivity index (χ4n) is 8.00. The first-order valence-electron chi connectivity index (χ1n) is 18.3. The summed E-state index contributed by atoms with van der Waals surface area (Å²) in [4.78, 5) is 17.9. The Hall–Kier alpha value is -6.43. The molecular weight excluding hydrogens is 677 g/mol. The van der Waals surface area contributed by atoms with Gasteiger partial charge < -0.3 is 9.80 Å². The normalized spacial score (nSPS) is 13.7. The van der Waals surface area contributed by atoms with Crippen molar-refractivity contribution < 1.29 is 0 Å². The SMILES string of the molecule is CC1(C)c2ccccc2N(c2cc(-c3nc(-c4ccccc4)cc(-c4ccccc4)n3)cc(N3c4ccccc4Sc4ccccc43)c2)c2ccccc21.